The number of amides is 1. The highest BCUT2D eigenvalue weighted by Gasteiger charge is 2.31. The molecule has 1 aliphatic rings. The van der Waals surface area contributed by atoms with Crippen LogP contribution < -0.4 is 5.32 Å². The number of aromatic nitrogens is 3. The van der Waals surface area contributed by atoms with Gasteiger partial charge in [0.1, 0.15) is 11.6 Å². The first-order chi connectivity index (χ1) is 13.5. The molecule has 0 saturated heterocycles. The molecule has 1 N–H and O–H groups in total. The smallest absolute Gasteiger partial charge is 0.237 e. The second-order valence-corrected chi connectivity index (χ2v) is 8.72. The van der Waals surface area contributed by atoms with Crippen molar-refractivity contribution in [3.05, 3.63) is 58.2 Å². The Morgan fingerprint density at radius 1 is 1.32 bits per heavy atom. The van der Waals surface area contributed by atoms with Crippen molar-refractivity contribution >= 4 is 46.6 Å². The first-order valence-electron chi connectivity index (χ1n) is 8.90. The maximum absolute atomic E-state index is 12.7. The molecule has 9 heteroatoms. The summed E-state index contributed by atoms with van der Waals surface area (Å²) in [5.41, 5.74) is 0.488. The Balaban J connectivity index is 1.50. The summed E-state index contributed by atoms with van der Waals surface area (Å²) in [6, 6.07) is 8.91. The van der Waals surface area contributed by atoms with Crippen LogP contribution >= 0.6 is 35.0 Å². The topological polar surface area (TPSA) is 73.0 Å². The van der Waals surface area contributed by atoms with E-state index in [2.05, 4.69) is 15.5 Å². The summed E-state index contributed by atoms with van der Waals surface area (Å²) in [6.45, 7) is 2.36. The third-order valence-corrected chi connectivity index (χ3v) is 6.34. The lowest BCUT2D eigenvalue weighted by Crippen LogP contribution is -2.23. The molecule has 1 aliphatic carbocycles. The van der Waals surface area contributed by atoms with Crippen LogP contribution in [0.4, 0.5) is 5.69 Å². The highest BCUT2D eigenvalue weighted by Crippen LogP contribution is 2.40. The predicted molar refractivity (Wildman–Crippen MR) is 110 cm³/mol. The molecule has 1 saturated carbocycles. The zero-order valence-corrected chi connectivity index (χ0v) is 17.4. The van der Waals surface area contributed by atoms with Crippen LogP contribution in [0.25, 0.3) is 0 Å². The van der Waals surface area contributed by atoms with Crippen molar-refractivity contribution in [1.82, 2.24) is 14.8 Å². The van der Waals surface area contributed by atoms with Crippen molar-refractivity contribution in [1.29, 1.82) is 0 Å². The molecule has 6 nitrogen and oxygen atoms in total. The molecule has 1 aromatic carbocycles. The lowest BCUT2D eigenvalue weighted by molar-refractivity contribution is -0.115. The first-order valence-corrected chi connectivity index (χ1v) is 10.5. The predicted octanol–water partition coefficient (Wildman–Crippen LogP) is 5.22. The normalized spacial score (nSPS) is 14.8. The fourth-order valence-corrected chi connectivity index (χ4v) is 3.99. The molecule has 0 bridgehead atoms. The van der Waals surface area contributed by atoms with Crippen LogP contribution in [0.15, 0.2) is 46.2 Å². The third-order valence-electron chi connectivity index (χ3n) is 4.44. The molecule has 0 radical (unpaired) electrons. The van der Waals surface area contributed by atoms with E-state index in [-0.39, 0.29) is 5.91 Å². The van der Waals surface area contributed by atoms with Crippen molar-refractivity contribution in [2.75, 3.05) is 5.32 Å². The quantitative estimate of drug-likeness (QED) is 0.513. The molecule has 2 aromatic heterocycles. The minimum atomic E-state index is -0.401. The van der Waals surface area contributed by atoms with Gasteiger partial charge in [-0.15, -0.1) is 10.2 Å². The van der Waals surface area contributed by atoms with Gasteiger partial charge >= 0.3 is 0 Å². The number of nitrogens with one attached hydrogen (secondary N) is 1. The molecule has 0 aliphatic heterocycles. The molecule has 4 rings (SSSR count). The molecule has 28 heavy (non-hydrogen) atoms. The van der Waals surface area contributed by atoms with Gasteiger partial charge in [0, 0.05) is 5.92 Å². The lowest BCUT2D eigenvalue weighted by Gasteiger charge is -2.14. The Bertz CT molecular complexity index is 986. The number of nitrogens with zero attached hydrogens (tertiary/aromatic N) is 3. The van der Waals surface area contributed by atoms with E-state index in [1.807, 2.05) is 23.6 Å². The number of halogens is 2. The van der Waals surface area contributed by atoms with Crippen molar-refractivity contribution in [2.45, 2.75) is 42.6 Å². The van der Waals surface area contributed by atoms with Gasteiger partial charge in [0.2, 0.25) is 5.91 Å². The van der Waals surface area contributed by atoms with Crippen molar-refractivity contribution in [3.63, 3.8) is 0 Å². The average Bonchev–Trinajstić information content (AvgIpc) is 3.25. The third kappa shape index (κ3) is 4.21. The fraction of sp³-hybridized carbons (Fsp3) is 0.316. The van der Waals surface area contributed by atoms with Crippen LogP contribution in [0.5, 0.6) is 0 Å². The van der Waals surface area contributed by atoms with Crippen LogP contribution in [0, 0.1) is 0 Å². The maximum Gasteiger partial charge on any atom is 0.237 e. The largest absolute Gasteiger partial charge is 0.467 e. The average molecular weight is 437 g/mol. The highest BCUT2D eigenvalue weighted by molar-refractivity contribution is 8.00. The number of furan rings is 1. The number of carbonyl (C=O) groups is 1. The molecule has 146 valence electrons. The summed E-state index contributed by atoms with van der Waals surface area (Å²) in [5.74, 6) is 2.02. The van der Waals surface area contributed by atoms with Crippen molar-refractivity contribution < 1.29 is 9.21 Å². The zero-order valence-electron chi connectivity index (χ0n) is 15.1. The van der Waals surface area contributed by atoms with Crippen LogP contribution in [-0.2, 0) is 11.3 Å². The number of anilines is 1. The van der Waals surface area contributed by atoms with Crippen LogP contribution in [0.3, 0.4) is 0 Å². The lowest BCUT2D eigenvalue weighted by atomic mass is 10.3. The van der Waals surface area contributed by atoms with E-state index in [9.17, 15) is 4.79 Å². The molecule has 1 unspecified atom stereocenters. The van der Waals surface area contributed by atoms with Gasteiger partial charge < -0.3 is 9.73 Å². The Labute approximate surface area is 176 Å². The summed E-state index contributed by atoms with van der Waals surface area (Å²) in [6.07, 6.45) is 3.88. The summed E-state index contributed by atoms with van der Waals surface area (Å²) >= 11 is 13.5. The van der Waals surface area contributed by atoms with Gasteiger partial charge in [0.25, 0.3) is 0 Å². The molecular weight excluding hydrogens is 419 g/mol. The summed E-state index contributed by atoms with van der Waals surface area (Å²) < 4.78 is 7.52. The Kier molecular flexibility index (Phi) is 5.66. The van der Waals surface area contributed by atoms with E-state index >= 15 is 0 Å². The van der Waals surface area contributed by atoms with Gasteiger partial charge in [-0.05, 0) is 44.0 Å². The standard InChI is InChI=1S/C19H18Cl2N4O2S/c1-11(18(26)22-15-6-2-5-14(20)16(15)21)28-19-24-23-17(12-7-8-12)25(19)10-13-4-3-9-27-13/h2-6,9,11-12H,7-8,10H2,1H3,(H,22,26). The molecule has 2 heterocycles. The van der Waals surface area contributed by atoms with Crippen molar-refractivity contribution in [3.8, 4) is 0 Å². The zero-order chi connectivity index (χ0) is 19.7. The fourth-order valence-electron chi connectivity index (χ4n) is 2.78. The Morgan fingerprint density at radius 3 is 2.86 bits per heavy atom. The first kappa shape index (κ1) is 19.4. The summed E-state index contributed by atoms with van der Waals surface area (Å²) in [4.78, 5) is 12.7. The van der Waals surface area contributed by atoms with E-state index in [0.29, 0.717) is 33.4 Å². The number of thioether (sulfide) groups is 1. The van der Waals surface area contributed by atoms with Crippen LogP contribution in [-0.4, -0.2) is 25.9 Å². The summed E-state index contributed by atoms with van der Waals surface area (Å²) in [5, 5.41) is 12.5. The van der Waals surface area contributed by atoms with Gasteiger partial charge in [0.15, 0.2) is 5.16 Å². The van der Waals surface area contributed by atoms with Crippen LogP contribution in [0.1, 0.15) is 37.3 Å². The Hall–Kier alpha value is -1.96. The number of benzene rings is 1. The van der Waals surface area contributed by atoms with E-state index in [0.717, 1.165) is 24.4 Å². The van der Waals surface area contributed by atoms with E-state index in [1.165, 1.54) is 11.8 Å². The minimum absolute atomic E-state index is 0.185. The molecular formula is C19H18Cl2N4O2S. The van der Waals surface area contributed by atoms with E-state index < -0.39 is 5.25 Å². The number of carbonyl (C=O) groups excluding carboxylic acids is 1. The molecule has 3 aromatic rings. The van der Waals surface area contributed by atoms with Gasteiger partial charge in [-0.25, -0.2) is 0 Å². The molecule has 1 fully saturated rings. The monoisotopic (exact) mass is 436 g/mol. The Morgan fingerprint density at radius 2 is 2.14 bits per heavy atom. The number of hydrogen-bond acceptors (Lipinski definition) is 5. The molecule has 0 spiro atoms. The van der Waals surface area contributed by atoms with Gasteiger partial charge in [-0.1, -0.05) is 41.0 Å². The van der Waals surface area contributed by atoms with Gasteiger partial charge in [-0.3, -0.25) is 9.36 Å². The maximum atomic E-state index is 12.7. The molecule has 1 atom stereocenters. The van der Waals surface area contributed by atoms with Crippen molar-refractivity contribution in [2.24, 2.45) is 0 Å². The van der Waals surface area contributed by atoms with E-state index in [4.69, 9.17) is 27.6 Å². The number of rotatable bonds is 7. The number of hydrogen-bond donors (Lipinski definition) is 1. The summed E-state index contributed by atoms with van der Waals surface area (Å²) in [7, 11) is 0. The van der Waals surface area contributed by atoms with Gasteiger partial charge in [-0.2, -0.15) is 0 Å². The minimum Gasteiger partial charge on any atom is -0.467 e. The van der Waals surface area contributed by atoms with Crippen LogP contribution in [0.2, 0.25) is 10.0 Å². The van der Waals surface area contributed by atoms with E-state index in [1.54, 1.807) is 24.5 Å². The second kappa shape index (κ2) is 8.19. The second-order valence-electron chi connectivity index (χ2n) is 6.63. The van der Waals surface area contributed by atoms with Gasteiger partial charge in [0.05, 0.1) is 33.8 Å². The SMILES string of the molecule is CC(Sc1nnc(C2CC2)n1Cc1ccco1)C(=O)Nc1cccc(Cl)c1Cl. The molecule has 1 amide bonds. The highest BCUT2D eigenvalue weighted by atomic mass is 35.5.